The molecule has 0 aliphatic carbocycles. The van der Waals surface area contributed by atoms with E-state index in [9.17, 15) is 9.90 Å². The fraction of sp³-hybridized carbons (Fsp3) is 0.524. The highest BCUT2D eigenvalue weighted by atomic mass is 79.9. The van der Waals surface area contributed by atoms with E-state index in [4.69, 9.17) is 0 Å². The molecule has 1 unspecified atom stereocenters. The minimum Gasteiger partial charge on any atom is -0.465 e. The lowest BCUT2D eigenvalue weighted by Crippen LogP contribution is -2.54. The van der Waals surface area contributed by atoms with E-state index in [-0.39, 0.29) is 5.41 Å². The summed E-state index contributed by atoms with van der Waals surface area (Å²) in [5.41, 5.74) is 0.758. The molecule has 1 aromatic heterocycles. The van der Waals surface area contributed by atoms with Gasteiger partial charge in [-0.15, -0.1) is 0 Å². The van der Waals surface area contributed by atoms with Gasteiger partial charge in [-0.2, -0.15) is 0 Å². The number of aromatic nitrogens is 2. The maximum absolute atomic E-state index is 11.7. The minimum atomic E-state index is -1.03. The lowest BCUT2D eigenvalue weighted by atomic mass is 9.70. The van der Waals surface area contributed by atoms with Crippen molar-refractivity contribution in [3.63, 3.8) is 0 Å². The second-order valence-electron chi connectivity index (χ2n) is 8.05. The number of H-pyrrole nitrogens is 1. The summed E-state index contributed by atoms with van der Waals surface area (Å²) in [6.07, 6.45) is 5.77. The Morgan fingerprint density at radius 2 is 2.00 bits per heavy atom. The lowest BCUT2D eigenvalue weighted by Gasteiger charge is -2.43. The van der Waals surface area contributed by atoms with E-state index in [0.29, 0.717) is 12.2 Å². The molecule has 2 rings (SSSR count). The summed E-state index contributed by atoms with van der Waals surface area (Å²) in [4.78, 5) is 19.7. The average molecular weight is 436 g/mol. The number of benzene rings is 1. The van der Waals surface area contributed by atoms with Crippen molar-refractivity contribution in [2.24, 2.45) is 5.41 Å². The Morgan fingerprint density at radius 3 is 2.59 bits per heavy atom. The van der Waals surface area contributed by atoms with Crippen LogP contribution < -0.4 is 5.32 Å². The zero-order valence-electron chi connectivity index (χ0n) is 16.6. The molecule has 148 valence electrons. The highest BCUT2D eigenvalue weighted by Gasteiger charge is 2.46. The maximum Gasteiger partial charge on any atom is 0.405 e. The summed E-state index contributed by atoms with van der Waals surface area (Å²) >= 11 is 3.49. The molecule has 0 bridgehead atoms. The number of aromatic amines is 1. The van der Waals surface area contributed by atoms with Crippen LogP contribution in [0.25, 0.3) is 11.3 Å². The Bertz CT molecular complexity index is 767. The third-order valence-electron chi connectivity index (χ3n) is 5.12. The van der Waals surface area contributed by atoms with Gasteiger partial charge >= 0.3 is 6.09 Å². The number of nitrogens with one attached hydrogen (secondary N) is 2. The fourth-order valence-electron chi connectivity index (χ4n) is 3.50. The third-order valence-corrected chi connectivity index (χ3v) is 5.61. The van der Waals surface area contributed by atoms with Gasteiger partial charge in [0.2, 0.25) is 0 Å². The fourth-order valence-corrected chi connectivity index (χ4v) is 3.90. The summed E-state index contributed by atoms with van der Waals surface area (Å²) in [6, 6.07) is 7.96. The molecule has 0 radical (unpaired) electrons. The van der Waals surface area contributed by atoms with Crippen LogP contribution in [0.15, 0.2) is 34.9 Å². The van der Waals surface area contributed by atoms with Crippen molar-refractivity contribution in [3.8, 4) is 11.3 Å². The SMILES string of the molecule is CCCCCCC(NC(=O)O)(c1ncc(-c2cccc(Br)c2)[nH]1)C(C)(C)C. The van der Waals surface area contributed by atoms with Crippen LogP contribution in [0.2, 0.25) is 0 Å². The van der Waals surface area contributed by atoms with Gasteiger partial charge in [-0.1, -0.05) is 81.4 Å². The molecule has 5 nitrogen and oxygen atoms in total. The Morgan fingerprint density at radius 1 is 1.26 bits per heavy atom. The highest BCUT2D eigenvalue weighted by molar-refractivity contribution is 9.10. The number of carboxylic acid groups (broad SMARTS) is 1. The van der Waals surface area contributed by atoms with Crippen molar-refractivity contribution >= 4 is 22.0 Å². The van der Waals surface area contributed by atoms with Crippen LogP contribution >= 0.6 is 15.9 Å². The van der Waals surface area contributed by atoms with Crippen molar-refractivity contribution < 1.29 is 9.90 Å². The summed E-state index contributed by atoms with van der Waals surface area (Å²) < 4.78 is 0.987. The van der Waals surface area contributed by atoms with Crippen LogP contribution in [0.1, 0.15) is 65.6 Å². The molecule has 0 aliphatic heterocycles. The van der Waals surface area contributed by atoms with Crippen molar-refractivity contribution in [2.75, 3.05) is 0 Å². The quantitative estimate of drug-likeness (QED) is 0.424. The summed E-state index contributed by atoms with van der Waals surface area (Å²) in [5.74, 6) is 0.670. The molecular weight excluding hydrogens is 406 g/mol. The van der Waals surface area contributed by atoms with E-state index in [1.165, 1.54) is 0 Å². The molecule has 0 fully saturated rings. The minimum absolute atomic E-state index is 0.343. The molecule has 0 spiro atoms. The lowest BCUT2D eigenvalue weighted by molar-refractivity contribution is 0.0994. The molecule has 0 saturated carbocycles. The van der Waals surface area contributed by atoms with Gasteiger partial charge in [0.05, 0.1) is 11.9 Å². The van der Waals surface area contributed by atoms with Gasteiger partial charge in [0, 0.05) is 10.0 Å². The number of imidazole rings is 1. The largest absolute Gasteiger partial charge is 0.465 e. The number of rotatable bonds is 8. The molecule has 2 aromatic rings. The van der Waals surface area contributed by atoms with Crippen LogP contribution in [0.5, 0.6) is 0 Å². The van der Waals surface area contributed by atoms with E-state index in [2.05, 4.69) is 58.9 Å². The predicted molar refractivity (Wildman–Crippen MR) is 113 cm³/mol. The van der Waals surface area contributed by atoms with Crippen LogP contribution in [-0.4, -0.2) is 21.2 Å². The maximum atomic E-state index is 11.7. The van der Waals surface area contributed by atoms with E-state index in [1.54, 1.807) is 6.20 Å². The molecule has 1 aromatic carbocycles. The highest BCUT2D eigenvalue weighted by Crippen LogP contribution is 2.42. The van der Waals surface area contributed by atoms with Crippen molar-refractivity contribution in [3.05, 3.63) is 40.8 Å². The zero-order valence-corrected chi connectivity index (χ0v) is 18.2. The Hall–Kier alpha value is -1.82. The first kappa shape index (κ1) is 21.5. The Labute approximate surface area is 170 Å². The molecule has 1 heterocycles. The first-order valence-electron chi connectivity index (χ1n) is 9.52. The molecule has 3 N–H and O–H groups in total. The Balaban J connectivity index is 2.44. The predicted octanol–water partition coefficient (Wildman–Crippen LogP) is 6.32. The summed E-state index contributed by atoms with van der Waals surface area (Å²) in [5, 5.41) is 12.4. The van der Waals surface area contributed by atoms with Gasteiger partial charge in [-0.3, -0.25) is 0 Å². The van der Waals surface area contributed by atoms with Gasteiger partial charge < -0.3 is 15.4 Å². The number of amides is 1. The number of halogens is 1. The second kappa shape index (κ2) is 8.91. The smallest absolute Gasteiger partial charge is 0.405 e. The number of carbonyl (C=O) groups is 1. The van der Waals surface area contributed by atoms with Gasteiger partial charge in [-0.05, 0) is 24.0 Å². The standard InChI is InChI=1S/C21H30BrN3O2/c1-5-6-7-8-12-21(20(2,3)4,25-19(26)27)18-23-14-17(24-18)15-10-9-11-16(22)13-15/h9-11,13-14,25H,5-8,12H2,1-4H3,(H,23,24)(H,26,27). The molecule has 27 heavy (non-hydrogen) atoms. The topological polar surface area (TPSA) is 78.0 Å². The summed E-state index contributed by atoms with van der Waals surface area (Å²) in [6.45, 7) is 8.35. The van der Waals surface area contributed by atoms with Crippen LogP contribution in [-0.2, 0) is 5.54 Å². The first-order chi connectivity index (χ1) is 12.7. The van der Waals surface area contributed by atoms with E-state index in [1.807, 2.05) is 24.3 Å². The van der Waals surface area contributed by atoms with Crippen LogP contribution in [0.4, 0.5) is 4.79 Å². The molecule has 1 atom stereocenters. The first-order valence-corrected chi connectivity index (χ1v) is 10.3. The molecule has 1 amide bonds. The Kier molecular flexibility index (Phi) is 7.09. The van der Waals surface area contributed by atoms with Crippen molar-refractivity contribution in [1.82, 2.24) is 15.3 Å². The summed E-state index contributed by atoms with van der Waals surface area (Å²) in [7, 11) is 0. The number of unbranched alkanes of at least 4 members (excludes halogenated alkanes) is 3. The van der Waals surface area contributed by atoms with Crippen LogP contribution in [0, 0.1) is 5.41 Å². The van der Waals surface area contributed by atoms with E-state index in [0.717, 1.165) is 41.4 Å². The molecular formula is C21H30BrN3O2. The number of hydrogen-bond acceptors (Lipinski definition) is 2. The van der Waals surface area contributed by atoms with E-state index < -0.39 is 11.6 Å². The van der Waals surface area contributed by atoms with Gasteiger partial charge in [0.25, 0.3) is 0 Å². The van der Waals surface area contributed by atoms with E-state index >= 15 is 0 Å². The number of hydrogen-bond donors (Lipinski definition) is 3. The van der Waals surface area contributed by atoms with Crippen LogP contribution in [0.3, 0.4) is 0 Å². The zero-order chi connectivity index (χ0) is 20.1. The normalized spacial score (nSPS) is 14.0. The molecule has 0 aliphatic rings. The molecule has 0 saturated heterocycles. The third kappa shape index (κ3) is 5.12. The van der Waals surface area contributed by atoms with Crippen molar-refractivity contribution in [1.29, 1.82) is 0 Å². The monoisotopic (exact) mass is 435 g/mol. The van der Waals surface area contributed by atoms with Gasteiger partial charge in [-0.25, -0.2) is 9.78 Å². The number of nitrogens with zero attached hydrogens (tertiary/aromatic N) is 1. The average Bonchev–Trinajstić information content (AvgIpc) is 3.06. The molecule has 6 heteroatoms. The van der Waals surface area contributed by atoms with Gasteiger partial charge in [0.15, 0.2) is 0 Å². The van der Waals surface area contributed by atoms with Gasteiger partial charge in [0.1, 0.15) is 11.4 Å². The van der Waals surface area contributed by atoms with Crippen molar-refractivity contribution in [2.45, 2.75) is 65.3 Å². The second-order valence-corrected chi connectivity index (χ2v) is 8.97.